The van der Waals surface area contributed by atoms with Crippen LogP contribution in [0, 0.1) is 12.3 Å². The van der Waals surface area contributed by atoms with E-state index in [1.807, 2.05) is 6.92 Å². The molecular formula is C20H26ClN3O3. The monoisotopic (exact) mass is 391 g/mol. The molecule has 0 aromatic heterocycles. The van der Waals surface area contributed by atoms with Crippen molar-refractivity contribution in [1.82, 2.24) is 10.7 Å². The molecule has 0 aliphatic heterocycles. The summed E-state index contributed by atoms with van der Waals surface area (Å²) in [5.41, 5.74) is 3.19. The lowest BCUT2D eigenvalue weighted by atomic mass is 9.95. The van der Waals surface area contributed by atoms with Crippen molar-refractivity contribution in [2.24, 2.45) is 5.10 Å². The Labute approximate surface area is 165 Å². The van der Waals surface area contributed by atoms with Crippen molar-refractivity contribution in [3.05, 3.63) is 22.7 Å². The zero-order valence-electron chi connectivity index (χ0n) is 15.6. The minimum atomic E-state index is -0.179. The maximum Gasteiger partial charge on any atom is 0.254 e. The Morgan fingerprint density at radius 3 is 2.85 bits per heavy atom. The number of carbonyl (C=O) groups excluding carboxylic acids is 1. The smallest absolute Gasteiger partial charge is 0.254 e. The predicted molar refractivity (Wildman–Crippen MR) is 108 cm³/mol. The van der Waals surface area contributed by atoms with Gasteiger partial charge in [-0.1, -0.05) is 36.8 Å². The highest BCUT2D eigenvalue weighted by molar-refractivity contribution is 6.32. The van der Waals surface area contributed by atoms with E-state index in [0.717, 1.165) is 12.8 Å². The SMILES string of the molecule is C#CCOc1c(Cl)cc(/C=N\NC(=O)CNC2CCCCC2)cc1OCC. The molecule has 6 nitrogen and oxygen atoms in total. The second-order valence-electron chi connectivity index (χ2n) is 6.26. The highest BCUT2D eigenvalue weighted by Gasteiger charge is 2.14. The number of ether oxygens (including phenoxy) is 2. The molecular weight excluding hydrogens is 366 g/mol. The molecule has 1 aromatic rings. The van der Waals surface area contributed by atoms with E-state index >= 15 is 0 Å². The Hall–Kier alpha value is -2.23. The first-order valence-corrected chi connectivity index (χ1v) is 9.59. The average molecular weight is 392 g/mol. The van der Waals surface area contributed by atoms with Crippen molar-refractivity contribution in [3.8, 4) is 23.8 Å². The molecule has 1 aromatic carbocycles. The van der Waals surface area contributed by atoms with Crippen LogP contribution in [0.3, 0.4) is 0 Å². The molecule has 1 fully saturated rings. The third kappa shape index (κ3) is 7.12. The molecule has 1 aliphatic rings. The number of hydrazone groups is 1. The van der Waals surface area contributed by atoms with E-state index in [1.165, 1.54) is 25.5 Å². The van der Waals surface area contributed by atoms with Crippen LogP contribution in [0.15, 0.2) is 17.2 Å². The number of halogens is 1. The maximum absolute atomic E-state index is 11.9. The highest BCUT2D eigenvalue weighted by Crippen LogP contribution is 2.36. The molecule has 0 radical (unpaired) electrons. The normalized spacial score (nSPS) is 14.7. The van der Waals surface area contributed by atoms with Crippen LogP contribution in [0.2, 0.25) is 5.02 Å². The van der Waals surface area contributed by atoms with Gasteiger partial charge in [-0.2, -0.15) is 5.10 Å². The molecule has 0 saturated heterocycles. The number of amides is 1. The fraction of sp³-hybridized carbons (Fsp3) is 0.500. The zero-order chi connectivity index (χ0) is 19.5. The second kappa shape index (κ2) is 11.5. The van der Waals surface area contributed by atoms with Gasteiger partial charge in [0, 0.05) is 6.04 Å². The summed E-state index contributed by atoms with van der Waals surface area (Å²) in [6, 6.07) is 3.83. The number of carbonyl (C=O) groups is 1. The molecule has 0 unspecified atom stereocenters. The van der Waals surface area contributed by atoms with E-state index in [1.54, 1.807) is 12.1 Å². The molecule has 27 heavy (non-hydrogen) atoms. The van der Waals surface area contributed by atoms with Crippen LogP contribution >= 0.6 is 11.6 Å². The molecule has 146 valence electrons. The molecule has 1 saturated carbocycles. The predicted octanol–water partition coefficient (Wildman–Crippen LogP) is 3.12. The first kappa shape index (κ1) is 21.1. The van der Waals surface area contributed by atoms with Crippen LogP contribution in [0.4, 0.5) is 0 Å². The standard InChI is InChI=1S/C20H26ClN3O3/c1-3-10-27-20-17(21)11-15(12-18(20)26-4-2)13-23-24-19(25)14-22-16-8-6-5-7-9-16/h1,11-13,16,22H,4-10,14H2,2H3,(H,24,25)/b23-13-. The molecule has 1 aliphatic carbocycles. The van der Waals surface area contributed by atoms with Gasteiger partial charge >= 0.3 is 0 Å². The van der Waals surface area contributed by atoms with Gasteiger partial charge in [-0.15, -0.1) is 6.42 Å². The van der Waals surface area contributed by atoms with Gasteiger partial charge in [0.05, 0.1) is 24.4 Å². The summed E-state index contributed by atoms with van der Waals surface area (Å²) in [5.74, 6) is 3.09. The van der Waals surface area contributed by atoms with Crippen LogP contribution in [0.25, 0.3) is 0 Å². The Bertz CT molecular complexity index is 694. The summed E-state index contributed by atoms with van der Waals surface area (Å²) in [6.07, 6.45) is 12.7. The van der Waals surface area contributed by atoms with Gasteiger partial charge in [0.2, 0.25) is 0 Å². The second-order valence-corrected chi connectivity index (χ2v) is 6.67. The summed E-state index contributed by atoms with van der Waals surface area (Å²) < 4.78 is 11.0. The molecule has 0 heterocycles. The van der Waals surface area contributed by atoms with E-state index in [9.17, 15) is 4.79 Å². The average Bonchev–Trinajstić information content (AvgIpc) is 2.67. The van der Waals surface area contributed by atoms with E-state index in [0.29, 0.717) is 34.7 Å². The molecule has 0 spiro atoms. The van der Waals surface area contributed by atoms with Gasteiger partial charge in [-0.25, -0.2) is 5.43 Å². The Morgan fingerprint density at radius 2 is 2.15 bits per heavy atom. The topological polar surface area (TPSA) is 72.0 Å². The molecule has 7 heteroatoms. The highest BCUT2D eigenvalue weighted by atomic mass is 35.5. The first-order chi connectivity index (χ1) is 13.1. The summed E-state index contributed by atoms with van der Waals surface area (Å²) in [4.78, 5) is 11.9. The minimum Gasteiger partial charge on any atom is -0.490 e. The summed E-state index contributed by atoms with van der Waals surface area (Å²) >= 11 is 6.25. The lowest BCUT2D eigenvalue weighted by molar-refractivity contribution is -0.120. The first-order valence-electron chi connectivity index (χ1n) is 9.22. The van der Waals surface area contributed by atoms with Gasteiger partial charge in [0.15, 0.2) is 11.5 Å². The number of rotatable bonds is 9. The molecule has 2 rings (SSSR count). The molecule has 1 amide bonds. The number of nitrogens with zero attached hydrogens (tertiary/aromatic N) is 1. The number of benzene rings is 1. The number of hydrogen-bond donors (Lipinski definition) is 2. The number of terminal acetylenes is 1. The lowest BCUT2D eigenvalue weighted by Crippen LogP contribution is -2.38. The molecule has 0 bridgehead atoms. The lowest BCUT2D eigenvalue weighted by Gasteiger charge is -2.22. The van der Waals surface area contributed by atoms with Crippen LogP contribution in [0.1, 0.15) is 44.6 Å². The van der Waals surface area contributed by atoms with E-state index in [4.69, 9.17) is 27.5 Å². The Kier molecular flexibility index (Phi) is 8.96. The fourth-order valence-corrected chi connectivity index (χ4v) is 3.22. The van der Waals surface area contributed by atoms with Crippen molar-refractivity contribution < 1.29 is 14.3 Å². The van der Waals surface area contributed by atoms with Crippen LogP contribution < -0.4 is 20.2 Å². The molecule has 0 atom stereocenters. The van der Waals surface area contributed by atoms with Crippen molar-refractivity contribution in [2.45, 2.75) is 45.1 Å². The van der Waals surface area contributed by atoms with Crippen LogP contribution in [-0.2, 0) is 4.79 Å². The largest absolute Gasteiger partial charge is 0.490 e. The van der Waals surface area contributed by atoms with Crippen molar-refractivity contribution in [3.63, 3.8) is 0 Å². The Balaban J connectivity index is 1.91. The third-order valence-electron chi connectivity index (χ3n) is 4.19. The van der Waals surface area contributed by atoms with Gasteiger partial charge in [-0.05, 0) is 37.5 Å². The maximum atomic E-state index is 11.9. The van der Waals surface area contributed by atoms with Crippen LogP contribution in [0.5, 0.6) is 11.5 Å². The fourth-order valence-electron chi connectivity index (χ4n) is 2.94. The third-order valence-corrected chi connectivity index (χ3v) is 4.47. The van der Waals surface area contributed by atoms with Crippen molar-refractivity contribution in [1.29, 1.82) is 0 Å². The van der Waals surface area contributed by atoms with Crippen molar-refractivity contribution >= 4 is 23.7 Å². The quantitative estimate of drug-likeness (QED) is 0.385. The summed E-state index contributed by atoms with van der Waals surface area (Å²) in [5, 5.41) is 7.62. The van der Waals surface area contributed by atoms with Gasteiger partial charge < -0.3 is 14.8 Å². The summed E-state index contributed by atoms with van der Waals surface area (Å²) in [6.45, 7) is 2.66. The van der Waals surface area contributed by atoms with Gasteiger partial charge in [-0.3, -0.25) is 4.79 Å². The Morgan fingerprint density at radius 1 is 1.37 bits per heavy atom. The number of nitrogens with one attached hydrogen (secondary N) is 2. The van der Waals surface area contributed by atoms with E-state index < -0.39 is 0 Å². The number of hydrogen-bond acceptors (Lipinski definition) is 5. The van der Waals surface area contributed by atoms with E-state index in [-0.39, 0.29) is 19.1 Å². The minimum absolute atomic E-state index is 0.0945. The van der Waals surface area contributed by atoms with Crippen molar-refractivity contribution in [2.75, 3.05) is 19.8 Å². The van der Waals surface area contributed by atoms with Gasteiger partial charge in [0.1, 0.15) is 6.61 Å². The summed E-state index contributed by atoms with van der Waals surface area (Å²) in [7, 11) is 0. The van der Waals surface area contributed by atoms with Gasteiger partial charge in [0.25, 0.3) is 5.91 Å². The molecule has 2 N–H and O–H groups in total. The van der Waals surface area contributed by atoms with Crippen LogP contribution in [-0.4, -0.2) is 37.9 Å². The zero-order valence-corrected chi connectivity index (χ0v) is 16.3. The van der Waals surface area contributed by atoms with E-state index in [2.05, 4.69) is 21.8 Å².